The van der Waals surface area contributed by atoms with Gasteiger partial charge in [0.05, 0.1) is 42.3 Å². The van der Waals surface area contributed by atoms with E-state index in [4.69, 9.17) is 4.42 Å². The highest BCUT2D eigenvalue weighted by atomic mass is 16.4. The van der Waals surface area contributed by atoms with Crippen LogP contribution >= 0.6 is 0 Å². The molecule has 5 heterocycles. The van der Waals surface area contributed by atoms with E-state index in [1.807, 2.05) is 58.2 Å². The Bertz CT molecular complexity index is 1940. The van der Waals surface area contributed by atoms with Crippen LogP contribution in [-0.4, -0.2) is 101 Å². The van der Waals surface area contributed by atoms with Crippen LogP contribution in [0.3, 0.4) is 0 Å². The number of nitrogens with zero attached hydrogens (tertiary/aromatic N) is 5. The van der Waals surface area contributed by atoms with Crippen molar-refractivity contribution in [3.63, 3.8) is 0 Å². The zero-order valence-electron chi connectivity index (χ0n) is 30.8. The summed E-state index contributed by atoms with van der Waals surface area (Å²) < 4.78 is 7.69. The van der Waals surface area contributed by atoms with E-state index in [1.54, 1.807) is 26.6 Å². The Morgan fingerprint density at radius 3 is 2.21 bits per heavy atom. The molecule has 4 N–H and O–H groups in total. The smallest absolute Gasteiger partial charge is 0.306 e. The monoisotopic (exact) mass is 728 g/mol. The number of amides is 4. The van der Waals surface area contributed by atoms with Gasteiger partial charge in [0.15, 0.2) is 5.78 Å². The summed E-state index contributed by atoms with van der Waals surface area (Å²) >= 11 is 0. The molecule has 0 saturated carbocycles. The normalized spacial score (nSPS) is 18.6. The molecule has 6 rings (SSSR count). The van der Waals surface area contributed by atoms with E-state index in [0.717, 1.165) is 29.7 Å². The van der Waals surface area contributed by atoms with Gasteiger partial charge in [0.1, 0.15) is 30.3 Å². The number of ketones is 1. The summed E-state index contributed by atoms with van der Waals surface area (Å²) in [4.78, 5) is 79.8. The molecule has 1 aromatic carbocycles. The van der Waals surface area contributed by atoms with Gasteiger partial charge < -0.3 is 34.9 Å². The van der Waals surface area contributed by atoms with Crippen LogP contribution in [0.5, 0.6) is 0 Å². The van der Waals surface area contributed by atoms with E-state index >= 15 is 0 Å². The quantitative estimate of drug-likeness (QED) is 0.160. The summed E-state index contributed by atoms with van der Waals surface area (Å²) in [5.41, 5.74) is 3.25. The summed E-state index contributed by atoms with van der Waals surface area (Å²) in [6.07, 6.45) is 8.17. The van der Waals surface area contributed by atoms with Gasteiger partial charge in [-0.25, -0.2) is 4.98 Å². The van der Waals surface area contributed by atoms with Crippen molar-refractivity contribution in [1.29, 1.82) is 0 Å². The van der Waals surface area contributed by atoms with E-state index in [1.165, 1.54) is 6.92 Å². The first-order valence-corrected chi connectivity index (χ1v) is 18.3. The number of carbonyl (C=O) groups excluding carboxylic acids is 5. The number of rotatable bonds is 13. The molecule has 15 nitrogen and oxygen atoms in total. The van der Waals surface area contributed by atoms with Crippen LogP contribution in [0.25, 0.3) is 28.4 Å². The maximum atomic E-state index is 13.5. The van der Waals surface area contributed by atoms with Gasteiger partial charge in [-0.3, -0.25) is 28.4 Å². The number of fused-ring (bicyclic) bond motifs is 1. The zero-order chi connectivity index (χ0) is 38.0. The molecule has 4 aromatic rings. The third-order valence-electron chi connectivity index (χ3n) is 10.1. The number of aliphatic hydroxyl groups excluding tert-OH is 1. The summed E-state index contributed by atoms with van der Waals surface area (Å²) in [6.45, 7) is 9.19. The standard InChI is InChI=1S/C38H48N8O7/c1-21(2)33(40-23(5)48)36(51)45-14-6-8-29(45)31(49)16-26-18-44-19-28(42-38(44)53-26)25-12-10-24(11-13-25)27-17-39-35(41-27)30-9-7-15-46(30)37(52)34(22(3)4)43-32(50)20-47/h10-13,17-19,21-22,29-30,33-34,47H,6-9,14-16,20H2,1-5H3,(H,39,41)(H,40,48)(H,43,50)/t29-,30-,33-,34-/m0/s1. The van der Waals surface area contributed by atoms with E-state index in [2.05, 4.69) is 25.6 Å². The molecule has 0 bridgehead atoms. The maximum absolute atomic E-state index is 13.5. The second kappa shape index (κ2) is 15.7. The average molecular weight is 729 g/mol. The van der Waals surface area contributed by atoms with Crippen LogP contribution in [0.15, 0.2) is 47.3 Å². The van der Waals surface area contributed by atoms with Gasteiger partial charge in [-0.1, -0.05) is 52.0 Å². The molecular formula is C38H48N8O7. The van der Waals surface area contributed by atoms with E-state index in [0.29, 0.717) is 49.1 Å². The number of aromatic nitrogens is 4. The number of oxazole rings is 1. The van der Waals surface area contributed by atoms with Gasteiger partial charge in [-0.15, -0.1) is 0 Å². The number of likely N-dealkylation sites (tertiary alicyclic amines) is 2. The predicted molar refractivity (Wildman–Crippen MR) is 194 cm³/mol. The Hall–Kier alpha value is -5.31. The van der Waals surface area contributed by atoms with Gasteiger partial charge in [-0.2, -0.15) is 4.98 Å². The van der Waals surface area contributed by atoms with Gasteiger partial charge in [0.2, 0.25) is 23.6 Å². The third-order valence-corrected chi connectivity index (χ3v) is 10.1. The van der Waals surface area contributed by atoms with Crippen molar-refractivity contribution in [2.24, 2.45) is 11.8 Å². The first kappa shape index (κ1) is 37.4. The van der Waals surface area contributed by atoms with Crippen molar-refractivity contribution < 1.29 is 33.5 Å². The Balaban J connectivity index is 1.10. The SMILES string of the molecule is CC(=O)N[C@H](C(=O)N1CCC[C@H]1C(=O)Cc1cn2cc(-c3ccc(-c4cnc([C@@H]5CCCN5C(=O)[C@@H](NC(=O)CO)C(C)C)[nH]4)cc3)nc2o1)C(C)C. The number of aromatic amines is 1. The van der Waals surface area contributed by atoms with Gasteiger partial charge in [0.25, 0.3) is 0 Å². The second-order valence-electron chi connectivity index (χ2n) is 14.7. The van der Waals surface area contributed by atoms with Crippen molar-refractivity contribution in [2.45, 2.75) is 90.9 Å². The lowest BCUT2D eigenvalue weighted by molar-refractivity contribution is -0.141. The van der Waals surface area contributed by atoms with Crippen LogP contribution in [0.1, 0.15) is 77.9 Å². The van der Waals surface area contributed by atoms with Gasteiger partial charge in [-0.05, 0) is 43.1 Å². The average Bonchev–Trinajstić information content (AvgIpc) is 3.96. The summed E-state index contributed by atoms with van der Waals surface area (Å²) in [7, 11) is 0. The Morgan fingerprint density at radius 2 is 1.55 bits per heavy atom. The molecular weight excluding hydrogens is 680 g/mol. The Labute approximate surface area is 307 Å². The summed E-state index contributed by atoms with van der Waals surface area (Å²) in [5.74, 6) is -0.203. The molecule has 2 fully saturated rings. The van der Waals surface area contributed by atoms with Crippen LogP contribution in [-0.2, 0) is 30.4 Å². The first-order valence-electron chi connectivity index (χ1n) is 18.3. The molecule has 0 aliphatic carbocycles. The van der Waals surface area contributed by atoms with Crippen LogP contribution in [0.2, 0.25) is 0 Å². The van der Waals surface area contributed by atoms with E-state index in [9.17, 15) is 29.1 Å². The minimum absolute atomic E-state index is 0.0197. The highest BCUT2D eigenvalue weighted by Crippen LogP contribution is 2.33. The number of H-pyrrole nitrogens is 1. The summed E-state index contributed by atoms with van der Waals surface area (Å²) in [5, 5.41) is 14.6. The number of hydrogen-bond donors (Lipinski definition) is 4. The molecule has 282 valence electrons. The number of aliphatic hydroxyl groups is 1. The fourth-order valence-corrected chi connectivity index (χ4v) is 7.33. The van der Waals surface area contributed by atoms with Crippen molar-refractivity contribution in [3.8, 4) is 22.5 Å². The lowest BCUT2D eigenvalue weighted by Gasteiger charge is -2.30. The number of benzene rings is 1. The van der Waals surface area contributed by atoms with Crippen LogP contribution in [0, 0.1) is 11.8 Å². The number of carbonyl (C=O) groups is 5. The lowest BCUT2D eigenvalue weighted by Crippen LogP contribution is -2.53. The van der Waals surface area contributed by atoms with Crippen molar-refractivity contribution in [2.75, 3.05) is 19.7 Å². The van der Waals surface area contributed by atoms with E-state index in [-0.39, 0.29) is 47.8 Å². The lowest BCUT2D eigenvalue weighted by atomic mass is 10.0. The fourth-order valence-electron chi connectivity index (χ4n) is 7.33. The largest absolute Gasteiger partial charge is 0.428 e. The Morgan fingerprint density at radius 1 is 0.906 bits per heavy atom. The minimum atomic E-state index is -0.739. The third kappa shape index (κ3) is 8.04. The molecule has 0 unspecified atom stereocenters. The molecule has 2 aliphatic rings. The topological polar surface area (TPSA) is 195 Å². The molecule has 2 aliphatic heterocycles. The molecule has 15 heteroatoms. The molecule has 4 amide bonds. The zero-order valence-corrected chi connectivity index (χ0v) is 30.8. The predicted octanol–water partition coefficient (Wildman–Crippen LogP) is 3.04. The fraction of sp³-hybridized carbons (Fsp3) is 0.500. The minimum Gasteiger partial charge on any atom is -0.428 e. The summed E-state index contributed by atoms with van der Waals surface area (Å²) in [6, 6.07) is 5.56. The number of nitrogens with one attached hydrogen (secondary N) is 3. The highest BCUT2D eigenvalue weighted by Gasteiger charge is 2.39. The number of Topliss-reactive ketones (excluding diaryl/α,β-unsaturated/α-hetero) is 1. The molecule has 4 atom stereocenters. The van der Waals surface area contributed by atoms with Gasteiger partial charge >= 0.3 is 5.84 Å². The van der Waals surface area contributed by atoms with Crippen LogP contribution in [0.4, 0.5) is 0 Å². The van der Waals surface area contributed by atoms with Crippen molar-refractivity contribution in [3.05, 3.63) is 54.4 Å². The van der Waals surface area contributed by atoms with E-state index < -0.39 is 30.6 Å². The molecule has 3 aromatic heterocycles. The second-order valence-corrected chi connectivity index (χ2v) is 14.7. The molecule has 0 spiro atoms. The maximum Gasteiger partial charge on any atom is 0.306 e. The molecule has 0 radical (unpaired) electrons. The van der Waals surface area contributed by atoms with Gasteiger partial charge in [0, 0.05) is 31.8 Å². The molecule has 2 saturated heterocycles. The van der Waals surface area contributed by atoms with Crippen LogP contribution < -0.4 is 10.6 Å². The molecule has 53 heavy (non-hydrogen) atoms. The van der Waals surface area contributed by atoms with Crippen molar-refractivity contribution >= 4 is 35.3 Å². The highest BCUT2D eigenvalue weighted by molar-refractivity contribution is 5.94. The number of imidazole rings is 2. The van der Waals surface area contributed by atoms with Crippen molar-refractivity contribution in [1.82, 2.24) is 39.8 Å². The first-order chi connectivity index (χ1) is 25.3. The number of hydrogen-bond acceptors (Lipinski definition) is 9. The Kier molecular flexibility index (Phi) is 11.1.